The predicted molar refractivity (Wildman–Crippen MR) is 88.7 cm³/mol. The summed E-state index contributed by atoms with van der Waals surface area (Å²) in [7, 11) is 3.83. The van der Waals surface area contributed by atoms with Crippen molar-refractivity contribution in [3.8, 4) is 0 Å². The van der Waals surface area contributed by atoms with Gasteiger partial charge in [0.1, 0.15) is 0 Å². The quantitative estimate of drug-likeness (QED) is 0.849. The van der Waals surface area contributed by atoms with Crippen molar-refractivity contribution in [2.24, 2.45) is 0 Å². The third-order valence-corrected chi connectivity index (χ3v) is 4.12. The molecule has 0 spiro atoms. The number of carbonyl (C=O) groups is 2. The van der Waals surface area contributed by atoms with Crippen molar-refractivity contribution in [3.63, 3.8) is 0 Å². The number of nitrogens with one attached hydrogen (secondary N) is 1. The van der Waals surface area contributed by atoms with E-state index < -0.39 is 11.5 Å². The minimum atomic E-state index is -1.81. The Bertz CT molecular complexity index is 768. The normalized spacial score (nSPS) is 19.2. The van der Waals surface area contributed by atoms with Gasteiger partial charge in [0.2, 0.25) is 0 Å². The third kappa shape index (κ3) is 2.59. The van der Waals surface area contributed by atoms with Gasteiger partial charge < -0.3 is 15.3 Å². The number of ketones is 1. The lowest BCUT2D eigenvalue weighted by molar-refractivity contribution is -0.133. The van der Waals surface area contributed by atoms with Crippen LogP contribution in [0.2, 0.25) is 0 Å². The molecule has 1 aliphatic rings. The van der Waals surface area contributed by atoms with Crippen LogP contribution in [0.15, 0.2) is 48.5 Å². The van der Waals surface area contributed by atoms with Gasteiger partial charge in [0.15, 0.2) is 11.4 Å². The van der Waals surface area contributed by atoms with Gasteiger partial charge in [0, 0.05) is 36.6 Å². The van der Waals surface area contributed by atoms with Gasteiger partial charge in [-0.15, -0.1) is 0 Å². The van der Waals surface area contributed by atoms with Crippen LogP contribution in [0.1, 0.15) is 22.3 Å². The van der Waals surface area contributed by atoms with Gasteiger partial charge in [-0.25, -0.2) is 0 Å². The average molecular weight is 310 g/mol. The number of fused-ring (bicyclic) bond motifs is 1. The zero-order valence-corrected chi connectivity index (χ0v) is 13.0. The average Bonchev–Trinajstić information content (AvgIpc) is 2.79. The smallest absolute Gasteiger partial charge is 0.261 e. The van der Waals surface area contributed by atoms with Crippen LogP contribution in [0.5, 0.6) is 0 Å². The molecule has 0 aliphatic carbocycles. The maximum absolute atomic E-state index is 12.5. The number of anilines is 2. The molecule has 23 heavy (non-hydrogen) atoms. The first kappa shape index (κ1) is 15.2. The number of nitrogens with zero attached hydrogens (tertiary/aromatic N) is 1. The SMILES string of the molecule is CN(C)c1ccc(C(=O)C[C@@]2(O)C(=O)Nc3ccccc32)cc1. The first-order valence-corrected chi connectivity index (χ1v) is 7.36. The van der Waals surface area contributed by atoms with Crippen molar-refractivity contribution in [2.45, 2.75) is 12.0 Å². The van der Waals surface area contributed by atoms with Crippen LogP contribution in [0.25, 0.3) is 0 Å². The van der Waals surface area contributed by atoms with E-state index in [1.807, 2.05) is 31.1 Å². The van der Waals surface area contributed by atoms with E-state index in [1.54, 1.807) is 36.4 Å². The standard InChI is InChI=1S/C18H18N2O3/c1-20(2)13-9-7-12(8-10-13)16(21)11-18(23)14-5-3-4-6-15(14)19-17(18)22/h3-10,23H,11H2,1-2H3,(H,19,22)/t18-/m0/s1. The number of aliphatic hydroxyl groups is 1. The minimum Gasteiger partial charge on any atom is -0.378 e. The molecule has 118 valence electrons. The van der Waals surface area contributed by atoms with Gasteiger partial charge in [0.25, 0.3) is 5.91 Å². The van der Waals surface area contributed by atoms with E-state index in [-0.39, 0.29) is 12.2 Å². The van der Waals surface area contributed by atoms with Crippen LogP contribution in [0, 0.1) is 0 Å². The van der Waals surface area contributed by atoms with Crippen LogP contribution in [-0.2, 0) is 10.4 Å². The number of hydrogen-bond acceptors (Lipinski definition) is 4. The molecule has 5 nitrogen and oxygen atoms in total. The fourth-order valence-corrected chi connectivity index (χ4v) is 2.76. The molecule has 0 radical (unpaired) electrons. The number of benzene rings is 2. The van der Waals surface area contributed by atoms with Crippen LogP contribution in [0.4, 0.5) is 11.4 Å². The van der Waals surface area contributed by atoms with Crippen LogP contribution in [0.3, 0.4) is 0 Å². The van der Waals surface area contributed by atoms with Gasteiger partial charge in [-0.3, -0.25) is 9.59 Å². The van der Waals surface area contributed by atoms with E-state index in [9.17, 15) is 14.7 Å². The Morgan fingerprint density at radius 1 is 1.13 bits per heavy atom. The second kappa shape index (κ2) is 5.52. The van der Waals surface area contributed by atoms with E-state index >= 15 is 0 Å². The molecule has 1 heterocycles. The molecular formula is C18H18N2O3. The molecular weight excluding hydrogens is 292 g/mol. The van der Waals surface area contributed by atoms with Crippen molar-refractivity contribution in [3.05, 3.63) is 59.7 Å². The van der Waals surface area contributed by atoms with E-state index in [2.05, 4.69) is 5.32 Å². The highest BCUT2D eigenvalue weighted by Crippen LogP contribution is 2.38. The highest BCUT2D eigenvalue weighted by atomic mass is 16.3. The first-order chi connectivity index (χ1) is 10.9. The minimum absolute atomic E-state index is 0.273. The lowest BCUT2D eigenvalue weighted by Crippen LogP contribution is -2.36. The Morgan fingerprint density at radius 2 is 1.78 bits per heavy atom. The maximum atomic E-state index is 12.5. The Balaban J connectivity index is 1.86. The van der Waals surface area contributed by atoms with Gasteiger partial charge in [0.05, 0.1) is 6.42 Å². The summed E-state index contributed by atoms with van der Waals surface area (Å²) in [4.78, 5) is 26.6. The molecule has 0 saturated heterocycles. The summed E-state index contributed by atoms with van der Waals surface area (Å²) >= 11 is 0. The summed E-state index contributed by atoms with van der Waals surface area (Å²) in [5.41, 5.74) is 0.637. The molecule has 0 saturated carbocycles. The second-order valence-corrected chi connectivity index (χ2v) is 5.90. The summed E-state index contributed by atoms with van der Waals surface area (Å²) < 4.78 is 0. The Kier molecular flexibility index (Phi) is 3.66. The van der Waals surface area contributed by atoms with Crippen molar-refractivity contribution in [1.82, 2.24) is 0 Å². The molecule has 0 bridgehead atoms. The number of amides is 1. The molecule has 1 atom stereocenters. The van der Waals surface area contributed by atoms with Crippen molar-refractivity contribution in [2.75, 3.05) is 24.3 Å². The second-order valence-electron chi connectivity index (χ2n) is 5.90. The molecule has 0 unspecified atom stereocenters. The fraction of sp³-hybridized carbons (Fsp3) is 0.222. The summed E-state index contributed by atoms with van der Waals surface area (Å²) in [6, 6.07) is 14.0. The molecule has 2 N–H and O–H groups in total. The topological polar surface area (TPSA) is 69.6 Å². The lowest BCUT2D eigenvalue weighted by Gasteiger charge is -2.20. The van der Waals surface area contributed by atoms with E-state index in [0.717, 1.165) is 5.69 Å². The molecule has 2 aromatic rings. The first-order valence-electron chi connectivity index (χ1n) is 7.36. The largest absolute Gasteiger partial charge is 0.378 e. The lowest BCUT2D eigenvalue weighted by atomic mass is 9.88. The number of rotatable bonds is 4. The highest BCUT2D eigenvalue weighted by molar-refractivity contribution is 6.09. The molecule has 0 fully saturated rings. The van der Waals surface area contributed by atoms with Gasteiger partial charge in [-0.05, 0) is 30.3 Å². The number of Topliss-reactive ketones (excluding diaryl/α,β-unsaturated/α-hetero) is 1. The molecule has 1 aliphatic heterocycles. The number of carbonyl (C=O) groups excluding carboxylic acids is 2. The van der Waals surface area contributed by atoms with E-state index in [4.69, 9.17) is 0 Å². The predicted octanol–water partition coefficient (Wildman–Crippen LogP) is 2.17. The molecule has 1 amide bonds. The fourth-order valence-electron chi connectivity index (χ4n) is 2.76. The van der Waals surface area contributed by atoms with Gasteiger partial charge >= 0.3 is 0 Å². The summed E-state index contributed by atoms with van der Waals surface area (Å²) in [6.45, 7) is 0. The summed E-state index contributed by atoms with van der Waals surface area (Å²) in [6.07, 6.45) is -0.281. The van der Waals surface area contributed by atoms with Crippen LogP contribution < -0.4 is 10.2 Å². The van der Waals surface area contributed by atoms with E-state index in [1.165, 1.54) is 0 Å². The van der Waals surface area contributed by atoms with E-state index in [0.29, 0.717) is 16.8 Å². The molecule has 0 aromatic heterocycles. The van der Waals surface area contributed by atoms with Gasteiger partial charge in [-0.1, -0.05) is 18.2 Å². The highest BCUT2D eigenvalue weighted by Gasteiger charge is 2.46. The zero-order chi connectivity index (χ0) is 16.6. The summed E-state index contributed by atoms with van der Waals surface area (Å²) in [5.74, 6) is -0.832. The van der Waals surface area contributed by atoms with Crippen molar-refractivity contribution in [1.29, 1.82) is 0 Å². The Labute approximate surface area is 134 Å². The number of hydrogen-bond donors (Lipinski definition) is 2. The third-order valence-electron chi connectivity index (χ3n) is 4.12. The summed E-state index contributed by atoms with van der Waals surface area (Å²) in [5, 5.41) is 13.4. The zero-order valence-electron chi connectivity index (χ0n) is 13.0. The number of para-hydroxylation sites is 1. The Hall–Kier alpha value is -2.66. The van der Waals surface area contributed by atoms with Crippen molar-refractivity contribution >= 4 is 23.1 Å². The molecule has 2 aromatic carbocycles. The maximum Gasteiger partial charge on any atom is 0.261 e. The van der Waals surface area contributed by atoms with Gasteiger partial charge in [-0.2, -0.15) is 0 Å². The van der Waals surface area contributed by atoms with Crippen LogP contribution >= 0.6 is 0 Å². The molecule has 3 rings (SSSR count). The Morgan fingerprint density at radius 3 is 2.43 bits per heavy atom. The van der Waals surface area contributed by atoms with Crippen LogP contribution in [-0.4, -0.2) is 30.9 Å². The van der Waals surface area contributed by atoms with Crippen molar-refractivity contribution < 1.29 is 14.7 Å². The monoisotopic (exact) mass is 310 g/mol. The molecule has 5 heteroatoms.